The summed E-state index contributed by atoms with van der Waals surface area (Å²) in [5.41, 5.74) is 20.4. The number of aromatic nitrogens is 3. The third kappa shape index (κ3) is 10.3. The number of nitrogens with zero attached hydrogens (tertiary/aromatic N) is 3. The van der Waals surface area contributed by atoms with Crippen molar-refractivity contribution in [1.29, 1.82) is 0 Å². The summed E-state index contributed by atoms with van der Waals surface area (Å²) in [5.74, 6) is -0.868. The molecule has 0 amide bonds. The summed E-state index contributed by atoms with van der Waals surface area (Å²) in [6, 6.07) is 58.1. The first-order valence-corrected chi connectivity index (χ1v) is 26.5. The molecule has 1 fully saturated rings. The molecule has 1 saturated carbocycles. The van der Waals surface area contributed by atoms with Crippen LogP contribution < -0.4 is 0 Å². The number of rotatable bonds is 13. The molecular weight excluding hydrogens is 1160 g/mol. The molecule has 8 heteroatoms. The van der Waals surface area contributed by atoms with Gasteiger partial charge in [0.25, 0.3) is 0 Å². The fraction of sp³-hybridized carbons (Fsp3) is 0.141. The number of aryl methyl sites for hydroxylation is 6. The smallest absolute Gasteiger partial charge is 0.304 e. The monoisotopic (exact) mass is 1210 g/mol. The molecule has 0 spiro atoms. The number of hydrogen-bond acceptors (Lipinski definition) is 3. The van der Waals surface area contributed by atoms with Crippen LogP contribution in [0.1, 0.15) is 56.3 Å². The molecule has 4 bridgehead atoms. The van der Waals surface area contributed by atoms with Crippen LogP contribution in [0.2, 0.25) is 0 Å². The van der Waals surface area contributed by atoms with Crippen molar-refractivity contribution < 1.29 is 37.7 Å². The molecule has 4 aliphatic rings. The Hall–Kier alpha value is -8.16. The Bertz CT molecular complexity index is 3890. The van der Waals surface area contributed by atoms with E-state index in [4.69, 9.17) is 4.98 Å². The van der Waals surface area contributed by atoms with E-state index in [1.54, 1.807) is 12.4 Å². The number of hydrogen-bond donors (Lipinski definition) is 0. The van der Waals surface area contributed by atoms with Gasteiger partial charge in [-0.3, -0.25) is 17.6 Å². The minimum Gasteiger partial charge on any atom is -0.304 e. The molecule has 2 unspecified atom stereocenters. The zero-order valence-electron chi connectivity index (χ0n) is 43.3. The summed E-state index contributed by atoms with van der Waals surface area (Å²) in [4.78, 5) is 14.5. The second-order valence-electron chi connectivity index (χ2n) is 20.9. The molecule has 4 aliphatic carbocycles. The van der Waals surface area contributed by atoms with E-state index in [1.165, 1.54) is 11.1 Å². The van der Waals surface area contributed by atoms with Gasteiger partial charge in [-0.2, -0.15) is 0 Å². The summed E-state index contributed by atoms with van der Waals surface area (Å²) < 4.78 is 57.2. The van der Waals surface area contributed by atoms with Crippen molar-refractivity contribution in [3.05, 3.63) is 281 Å². The molecule has 0 N–H and O–H groups in total. The molecule has 14 rings (SSSR count). The summed E-state index contributed by atoms with van der Waals surface area (Å²) in [6.07, 6.45) is 17.9. The van der Waals surface area contributed by atoms with Gasteiger partial charge in [0.05, 0.1) is 0 Å². The maximum absolute atomic E-state index is 14.8. The minimum absolute atomic E-state index is 0. The van der Waals surface area contributed by atoms with E-state index in [1.807, 2.05) is 38.2 Å². The summed E-state index contributed by atoms with van der Waals surface area (Å²) >= 11 is 0. The van der Waals surface area contributed by atoms with Crippen molar-refractivity contribution in [3.63, 3.8) is 0 Å². The van der Waals surface area contributed by atoms with Gasteiger partial charge in [0, 0.05) is 53.3 Å². The van der Waals surface area contributed by atoms with E-state index in [0.29, 0.717) is 54.8 Å². The summed E-state index contributed by atoms with van der Waals surface area (Å²) in [7, 11) is 0. The predicted molar refractivity (Wildman–Crippen MR) is 302 cm³/mol. The molecule has 3 nitrogen and oxygen atoms in total. The van der Waals surface area contributed by atoms with E-state index < -0.39 is 23.3 Å². The van der Waals surface area contributed by atoms with E-state index in [9.17, 15) is 17.6 Å². The van der Waals surface area contributed by atoms with Gasteiger partial charge in [0.1, 0.15) is 0 Å². The molecule has 386 valence electrons. The quantitative estimate of drug-likeness (QED) is 0.0656. The third-order valence-electron chi connectivity index (χ3n) is 16.0. The first-order chi connectivity index (χ1) is 38.1. The Morgan fingerprint density at radius 1 is 0.430 bits per heavy atom. The molecular formula is C71H50F4IrN3. The van der Waals surface area contributed by atoms with Crippen molar-refractivity contribution in [2.45, 2.75) is 51.4 Å². The van der Waals surface area contributed by atoms with Crippen LogP contribution in [0, 0.1) is 67.2 Å². The van der Waals surface area contributed by atoms with Crippen LogP contribution >= 0.6 is 0 Å². The van der Waals surface area contributed by atoms with Gasteiger partial charge in [-0.25, -0.2) is 0 Å². The molecule has 3 aromatic heterocycles. The van der Waals surface area contributed by atoms with Crippen molar-refractivity contribution in [2.75, 3.05) is 0 Å². The van der Waals surface area contributed by atoms with Gasteiger partial charge in [0.15, 0.2) is 0 Å². The third-order valence-corrected chi connectivity index (χ3v) is 16.0. The molecule has 10 aromatic rings. The van der Waals surface area contributed by atoms with Gasteiger partial charge in [-0.15, -0.1) is 59.2 Å². The number of pyridine rings is 3. The van der Waals surface area contributed by atoms with Crippen molar-refractivity contribution in [1.82, 2.24) is 15.0 Å². The zero-order chi connectivity index (χ0) is 53.0. The summed E-state index contributed by atoms with van der Waals surface area (Å²) in [5, 5.41) is 0. The Labute approximate surface area is 471 Å². The van der Waals surface area contributed by atoms with Crippen molar-refractivity contribution in [3.8, 4) is 78.3 Å². The standard InChI is InChI=1S/C71H50F4N3.Ir/c1-42-30-69(61-28-23-54(72)36-66(61)74)76-39-51(42)14-12-44-32-45(13-15-52-40-77-70(31-43(52)2)62-29-24-55(73)37-67(62)75)34-53(33-44)56-10-6-7-11-57(56)65-41-78-68(38-64(65)48-18-16-47(17-19-48)46-8-4-3-5-9-46)50-22-27-60-63(35-50)49-20-25-58-59(26-21-49)71(58)60;/h3-11,16-21,23-27,30-41,49,58-59,71H,12-15H2,1-2H3;/q-3;+3. The van der Waals surface area contributed by atoms with E-state index in [2.05, 4.69) is 162 Å². The Morgan fingerprint density at radius 2 is 0.975 bits per heavy atom. The van der Waals surface area contributed by atoms with E-state index in [0.717, 1.165) is 113 Å². The fourth-order valence-corrected chi connectivity index (χ4v) is 11.8. The molecule has 79 heavy (non-hydrogen) atoms. The van der Waals surface area contributed by atoms with Gasteiger partial charge < -0.3 is 15.0 Å². The molecule has 7 aromatic carbocycles. The topological polar surface area (TPSA) is 38.7 Å². The Morgan fingerprint density at radius 3 is 1.56 bits per heavy atom. The first kappa shape index (κ1) is 51.6. The molecule has 0 aliphatic heterocycles. The average Bonchev–Trinajstić information content (AvgIpc) is 4.27. The van der Waals surface area contributed by atoms with Crippen LogP contribution in [-0.4, -0.2) is 15.0 Å². The van der Waals surface area contributed by atoms with Crippen molar-refractivity contribution >= 4 is 0 Å². The molecule has 0 radical (unpaired) electrons. The van der Waals surface area contributed by atoms with Crippen LogP contribution in [0.3, 0.4) is 0 Å². The van der Waals surface area contributed by atoms with E-state index in [-0.39, 0.29) is 37.2 Å². The largest absolute Gasteiger partial charge is 3.00 e. The van der Waals surface area contributed by atoms with Gasteiger partial charge >= 0.3 is 20.1 Å². The van der Waals surface area contributed by atoms with Crippen molar-refractivity contribution in [2.24, 2.45) is 11.8 Å². The number of allylic oxidation sites excluding steroid dienone is 4. The average molecular weight is 1210 g/mol. The van der Waals surface area contributed by atoms with Gasteiger partial charge in [0.2, 0.25) is 0 Å². The SMILES string of the molecule is Cc1cc(-c2[c-]cc(F)cc2F)ncc1CCc1cc(CCc2cnc(-c3[c-]cc(F)cc3F)cc2C)cc(-c2ccccc2-c2cnc(-c3[c-]cc4c(c3)C3C=CC5C(C=C3)C45)cc2-c2ccc(-c3ccccc3)cc2)c1.[Ir+3]. The predicted octanol–water partition coefficient (Wildman–Crippen LogP) is 17.2. The maximum Gasteiger partial charge on any atom is 3.00 e. The fourth-order valence-electron chi connectivity index (χ4n) is 11.8. The first-order valence-electron chi connectivity index (χ1n) is 26.5. The van der Waals surface area contributed by atoms with Crippen LogP contribution in [0.4, 0.5) is 17.6 Å². The molecule has 3 heterocycles. The Balaban J connectivity index is 0.00000623. The number of halogens is 4. The van der Waals surface area contributed by atoms with Crippen LogP contribution in [0.5, 0.6) is 0 Å². The van der Waals surface area contributed by atoms with Gasteiger partial charge in [-0.1, -0.05) is 174 Å². The van der Waals surface area contributed by atoms with Crippen LogP contribution in [0.15, 0.2) is 195 Å². The van der Waals surface area contributed by atoms with E-state index >= 15 is 0 Å². The van der Waals surface area contributed by atoms with Gasteiger partial charge in [-0.05, 0) is 136 Å². The second-order valence-corrected chi connectivity index (χ2v) is 20.9. The normalized spacial score (nSPS) is 16.5. The second kappa shape index (κ2) is 21.6. The Kier molecular flexibility index (Phi) is 14.1. The zero-order valence-corrected chi connectivity index (χ0v) is 45.7. The van der Waals surface area contributed by atoms with Crippen LogP contribution in [0.25, 0.3) is 78.3 Å². The minimum atomic E-state index is -0.706. The molecule has 2 atom stereocenters. The molecule has 0 saturated heterocycles. The maximum atomic E-state index is 14.8. The number of benzene rings is 7. The van der Waals surface area contributed by atoms with Crippen LogP contribution in [-0.2, 0) is 45.8 Å². The summed E-state index contributed by atoms with van der Waals surface area (Å²) in [6.45, 7) is 3.98.